The lowest BCUT2D eigenvalue weighted by Crippen LogP contribution is -1.94. The van der Waals surface area contributed by atoms with Gasteiger partial charge in [0, 0.05) is 11.1 Å². The van der Waals surface area contributed by atoms with E-state index in [0.717, 1.165) is 5.56 Å². The number of aromatic hydroxyl groups is 1. The summed E-state index contributed by atoms with van der Waals surface area (Å²) in [6.45, 7) is 0. The first-order valence-electron chi connectivity index (χ1n) is 7.47. The summed E-state index contributed by atoms with van der Waals surface area (Å²) in [4.78, 5) is 12.2. The highest BCUT2D eigenvalue weighted by atomic mass is 19.1. The van der Waals surface area contributed by atoms with Crippen LogP contribution in [0.25, 0.3) is 17.3 Å². The van der Waals surface area contributed by atoms with Gasteiger partial charge < -0.3 is 9.84 Å². The number of H-pyrrole nitrogens is 1. The Labute approximate surface area is 143 Å². The van der Waals surface area contributed by atoms with Gasteiger partial charge in [0.05, 0.1) is 18.5 Å². The zero-order chi connectivity index (χ0) is 17.8. The number of nitrogens with zero attached hydrogens (tertiary/aromatic N) is 1. The first-order valence-corrected chi connectivity index (χ1v) is 7.47. The summed E-state index contributed by atoms with van der Waals surface area (Å²) in [7, 11) is 1.44. The Morgan fingerprint density at radius 2 is 1.96 bits per heavy atom. The average molecular weight is 338 g/mol. The van der Waals surface area contributed by atoms with Gasteiger partial charge in [0.25, 0.3) is 0 Å². The second kappa shape index (κ2) is 7.00. The predicted molar refractivity (Wildman–Crippen MR) is 92.0 cm³/mol. The minimum Gasteiger partial charge on any atom is -0.504 e. The number of aromatic nitrogens is 2. The van der Waals surface area contributed by atoms with E-state index in [0.29, 0.717) is 22.7 Å². The van der Waals surface area contributed by atoms with Crippen LogP contribution in [0.3, 0.4) is 0 Å². The van der Waals surface area contributed by atoms with Gasteiger partial charge in [-0.25, -0.2) is 4.39 Å². The zero-order valence-corrected chi connectivity index (χ0v) is 13.4. The van der Waals surface area contributed by atoms with Crippen molar-refractivity contribution in [1.29, 1.82) is 0 Å². The number of ketones is 1. The van der Waals surface area contributed by atoms with E-state index in [1.54, 1.807) is 30.3 Å². The minimum atomic E-state index is -0.312. The molecular weight excluding hydrogens is 323 g/mol. The van der Waals surface area contributed by atoms with Crippen LogP contribution in [0.15, 0.2) is 54.6 Å². The monoisotopic (exact) mass is 338 g/mol. The Hall–Kier alpha value is -3.41. The van der Waals surface area contributed by atoms with E-state index in [9.17, 15) is 14.3 Å². The molecule has 3 aromatic rings. The Kier molecular flexibility index (Phi) is 4.61. The fourth-order valence-corrected chi connectivity index (χ4v) is 2.30. The Balaban J connectivity index is 1.75. The number of ether oxygens (including phenoxy) is 1. The van der Waals surface area contributed by atoms with Crippen molar-refractivity contribution in [3.05, 3.63) is 71.7 Å². The third kappa shape index (κ3) is 3.74. The van der Waals surface area contributed by atoms with Crippen molar-refractivity contribution < 1.29 is 19.0 Å². The highest BCUT2D eigenvalue weighted by molar-refractivity contribution is 6.07. The molecule has 0 radical (unpaired) electrons. The normalized spacial score (nSPS) is 11.0. The van der Waals surface area contributed by atoms with Gasteiger partial charge >= 0.3 is 0 Å². The molecule has 0 unspecified atom stereocenters. The molecule has 0 spiro atoms. The first kappa shape index (κ1) is 16.4. The molecule has 1 heterocycles. The molecule has 0 aliphatic rings. The van der Waals surface area contributed by atoms with Crippen LogP contribution >= 0.6 is 0 Å². The molecule has 5 nitrogen and oxygen atoms in total. The van der Waals surface area contributed by atoms with Crippen molar-refractivity contribution in [3.8, 4) is 22.8 Å². The Bertz CT molecular complexity index is 930. The van der Waals surface area contributed by atoms with Gasteiger partial charge in [-0.05, 0) is 60.7 Å². The molecule has 0 saturated heterocycles. The highest BCUT2D eigenvalue weighted by Gasteiger charge is 2.08. The maximum atomic E-state index is 13.0. The SMILES string of the molecule is COc1ccc(C(=O)C=Cc2cc(-c3ccc(F)cc3)n[nH]2)cc1O. The largest absolute Gasteiger partial charge is 0.504 e. The molecule has 0 fully saturated rings. The lowest BCUT2D eigenvalue weighted by atomic mass is 10.1. The third-order valence-electron chi connectivity index (χ3n) is 3.62. The van der Waals surface area contributed by atoms with Gasteiger partial charge in [-0.1, -0.05) is 0 Å². The highest BCUT2D eigenvalue weighted by Crippen LogP contribution is 2.26. The maximum Gasteiger partial charge on any atom is 0.186 e. The number of hydrogen-bond acceptors (Lipinski definition) is 4. The number of phenolic OH excluding ortho intramolecular Hbond substituents is 1. The van der Waals surface area contributed by atoms with Crippen LogP contribution in [0.2, 0.25) is 0 Å². The molecule has 1 aromatic heterocycles. The van der Waals surface area contributed by atoms with Crippen molar-refractivity contribution in [1.82, 2.24) is 10.2 Å². The van der Waals surface area contributed by atoms with Crippen LogP contribution in [0.1, 0.15) is 16.1 Å². The second-order valence-electron chi connectivity index (χ2n) is 5.30. The van der Waals surface area contributed by atoms with Gasteiger partial charge in [0.15, 0.2) is 17.3 Å². The number of nitrogens with one attached hydrogen (secondary N) is 1. The summed E-state index contributed by atoms with van der Waals surface area (Å²) in [6.07, 6.45) is 2.97. The maximum absolute atomic E-state index is 13.0. The van der Waals surface area contributed by atoms with Crippen molar-refractivity contribution in [2.75, 3.05) is 7.11 Å². The summed E-state index contributed by atoms with van der Waals surface area (Å²) in [5, 5.41) is 16.7. The fraction of sp³-hybridized carbons (Fsp3) is 0.0526. The number of aromatic amines is 1. The van der Waals surface area contributed by atoms with E-state index < -0.39 is 0 Å². The van der Waals surface area contributed by atoms with Crippen LogP contribution in [0, 0.1) is 5.82 Å². The summed E-state index contributed by atoms with van der Waals surface area (Å²) in [6, 6.07) is 12.2. The fourth-order valence-electron chi connectivity index (χ4n) is 2.30. The van der Waals surface area contributed by atoms with E-state index >= 15 is 0 Å². The molecule has 2 aromatic carbocycles. The molecule has 25 heavy (non-hydrogen) atoms. The molecule has 3 rings (SSSR count). The smallest absolute Gasteiger partial charge is 0.186 e. The molecule has 0 bridgehead atoms. The van der Waals surface area contributed by atoms with E-state index in [1.165, 1.54) is 37.5 Å². The van der Waals surface area contributed by atoms with E-state index in [2.05, 4.69) is 10.2 Å². The molecule has 0 aliphatic carbocycles. The van der Waals surface area contributed by atoms with E-state index in [4.69, 9.17) is 4.74 Å². The number of carbonyl (C=O) groups excluding carboxylic acids is 1. The Morgan fingerprint density at radius 3 is 2.64 bits per heavy atom. The quantitative estimate of drug-likeness (QED) is 0.548. The third-order valence-corrected chi connectivity index (χ3v) is 3.62. The number of benzene rings is 2. The minimum absolute atomic E-state index is 0.0955. The van der Waals surface area contributed by atoms with Gasteiger partial charge in [-0.3, -0.25) is 9.89 Å². The van der Waals surface area contributed by atoms with E-state index in [-0.39, 0.29) is 17.3 Å². The van der Waals surface area contributed by atoms with Crippen LogP contribution < -0.4 is 4.74 Å². The molecule has 126 valence electrons. The van der Waals surface area contributed by atoms with Crippen LogP contribution in [-0.2, 0) is 0 Å². The lowest BCUT2D eigenvalue weighted by molar-refractivity contribution is 0.104. The molecule has 0 saturated carbocycles. The Morgan fingerprint density at radius 1 is 1.20 bits per heavy atom. The topological polar surface area (TPSA) is 75.2 Å². The predicted octanol–water partition coefficient (Wildman–Crippen LogP) is 3.83. The molecule has 0 atom stereocenters. The number of rotatable bonds is 5. The van der Waals surface area contributed by atoms with Gasteiger partial charge in [0.1, 0.15) is 5.82 Å². The number of phenols is 1. The number of allylic oxidation sites excluding steroid dienone is 1. The van der Waals surface area contributed by atoms with Crippen molar-refractivity contribution >= 4 is 11.9 Å². The summed E-state index contributed by atoms with van der Waals surface area (Å²) in [5.74, 6) is -0.372. The molecule has 2 N–H and O–H groups in total. The van der Waals surface area contributed by atoms with E-state index in [1.807, 2.05) is 0 Å². The van der Waals surface area contributed by atoms with Gasteiger partial charge in [-0.15, -0.1) is 0 Å². The zero-order valence-electron chi connectivity index (χ0n) is 13.4. The average Bonchev–Trinajstić information content (AvgIpc) is 3.09. The second-order valence-corrected chi connectivity index (χ2v) is 5.30. The van der Waals surface area contributed by atoms with Crippen LogP contribution in [0.5, 0.6) is 11.5 Å². The molecular formula is C19H15FN2O3. The standard InChI is InChI=1S/C19H15FN2O3/c1-25-19-9-4-13(10-18(19)24)17(23)8-7-15-11-16(22-21-15)12-2-5-14(20)6-3-12/h2-11,24H,1H3,(H,21,22). The molecule has 0 amide bonds. The summed E-state index contributed by atoms with van der Waals surface area (Å²) >= 11 is 0. The number of halogens is 1. The van der Waals surface area contributed by atoms with Crippen molar-refractivity contribution in [3.63, 3.8) is 0 Å². The molecule has 6 heteroatoms. The lowest BCUT2D eigenvalue weighted by Gasteiger charge is -2.03. The van der Waals surface area contributed by atoms with Crippen LogP contribution in [-0.4, -0.2) is 28.2 Å². The van der Waals surface area contributed by atoms with Gasteiger partial charge in [-0.2, -0.15) is 5.10 Å². The number of carbonyl (C=O) groups is 1. The number of methoxy groups -OCH3 is 1. The van der Waals surface area contributed by atoms with Gasteiger partial charge in [0.2, 0.25) is 0 Å². The first-order chi connectivity index (χ1) is 12.1. The van der Waals surface area contributed by atoms with Crippen LogP contribution in [0.4, 0.5) is 4.39 Å². The number of hydrogen-bond donors (Lipinski definition) is 2. The summed E-state index contributed by atoms with van der Waals surface area (Å²) < 4.78 is 17.9. The van der Waals surface area contributed by atoms with Crippen molar-refractivity contribution in [2.45, 2.75) is 0 Å². The summed E-state index contributed by atoms with van der Waals surface area (Å²) in [5.41, 5.74) is 2.39. The van der Waals surface area contributed by atoms with Crippen molar-refractivity contribution in [2.24, 2.45) is 0 Å². The molecule has 0 aliphatic heterocycles.